The van der Waals surface area contributed by atoms with Gasteiger partial charge in [0.2, 0.25) is 5.91 Å². The van der Waals surface area contributed by atoms with E-state index in [1.54, 1.807) is 52.1 Å². The van der Waals surface area contributed by atoms with Gasteiger partial charge in [0, 0.05) is 19.1 Å². The van der Waals surface area contributed by atoms with E-state index in [1.165, 1.54) is 16.8 Å². The van der Waals surface area contributed by atoms with Gasteiger partial charge in [-0.3, -0.25) is 4.79 Å². The van der Waals surface area contributed by atoms with Gasteiger partial charge in [0.25, 0.3) is 0 Å². The smallest absolute Gasteiger partial charge is 0.410 e. The number of carbonyl (C=O) groups is 2. The number of benzene rings is 1. The van der Waals surface area contributed by atoms with E-state index in [-0.39, 0.29) is 12.5 Å². The Morgan fingerprint density at radius 1 is 1.17 bits per heavy atom. The van der Waals surface area contributed by atoms with Gasteiger partial charge < -0.3 is 19.3 Å². The molecule has 0 bridgehead atoms. The molecule has 0 aliphatic heterocycles. The molecule has 1 rings (SSSR count). The molecule has 0 atom stereocenters. The summed E-state index contributed by atoms with van der Waals surface area (Å²) < 4.78 is 10.8. The number of halogens is 1. The van der Waals surface area contributed by atoms with E-state index < -0.39 is 11.7 Å². The van der Waals surface area contributed by atoms with Crippen molar-refractivity contribution in [3.05, 3.63) is 29.3 Å². The molecule has 0 saturated carbocycles. The second kappa shape index (κ2) is 8.78. The van der Waals surface area contributed by atoms with Crippen molar-refractivity contribution in [3.63, 3.8) is 0 Å². The van der Waals surface area contributed by atoms with Crippen LogP contribution in [0.25, 0.3) is 0 Å². The van der Waals surface area contributed by atoms with E-state index in [0.717, 1.165) is 0 Å². The fraction of sp³-hybridized carbons (Fsp3) is 0.529. The zero-order valence-electron chi connectivity index (χ0n) is 14.8. The summed E-state index contributed by atoms with van der Waals surface area (Å²) in [6.07, 6.45) is -0.528. The molecule has 0 spiro atoms. The highest BCUT2D eigenvalue weighted by atomic mass is 35.5. The first-order valence-electron chi connectivity index (χ1n) is 7.65. The van der Waals surface area contributed by atoms with Crippen molar-refractivity contribution < 1.29 is 19.1 Å². The Balaban J connectivity index is 2.37. The Kier molecular flexibility index (Phi) is 7.35. The number of hydrogen-bond donors (Lipinski definition) is 0. The molecule has 134 valence electrons. The fourth-order valence-corrected chi connectivity index (χ4v) is 1.89. The molecular weight excluding hydrogens is 332 g/mol. The Labute approximate surface area is 148 Å². The van der Waals surface area contributed by atoms with Crippen molar-refractivity contribution in [2.24, 2.45) is 0 Å². The maximum Gasteiger partial charge on any atom is 0.410 e. The molecule has 0 aromatic heterocycles. The predicted octanol–water partition coefficient (Wildman–Crippen LogP) is 3.04. The van der Waals surface area contributed by atoms with Crippen LogP contribution in [-0.4, -0.2) is 61.2 Å². The molecule has 0 fully saturated rings. The van der Waals surface area contributed by atoms with Gasteiger partial charge in [-0.05, 0) is 39.0 Å². The maximum atomic E-state index is 12.1. The van der Waals surface area contributed by atoms with E-state index in [4.69, 9.17) is 21.1 Å². The first-order chi connectivity index (χ1) is 11.1. The van der Waals surface area contributed by atoms with Gasteiger partial charge in [0.15, 0.2) is 0 Å². The first kappa shape index (κ1) is 20.1. The summed E-state index contributed by atoms with van der Waals surface area (Å²) >= 11 is 5.88. The van der Waals surface area contributed by atoms with Crippen molar-refractivity contribution in [3.8, 4) is 5.75 Å². The third-order valence-corrected chi connectivity index (χ3v) is 3.23. The molecule has 7 heteroatoms. The van der Waals surface area contributed by atoms with Crippen molar-refractivity contribution in [1.29, 1.82) is 0 Å². The average molecular weight is 357 g/mol. The Morgan fingerprint density at radius 2 is 1.83 bits per heavy atom. The lowest BCUT2D eigenvalue weighted by molar-refractivity contribution is -0.131. The molecule has 0 N–H and O–H groups in total. The SMILES string of the molecule is CN(CCOc1cccc(Cl)c1)C(=O)CN(C)C(=O)OC(C)(C)C. The van der Waals surface area contributed by atoms with Crippen molar-refractivity contribution in [2.45, 2.75) is 26.4 Å². The van der Waals surface area contributed by atoms with Crippen LogP contribution in [0, 0.1) is 0 Å². The Bertz CT molecular complexity index is 572. The lowest BCUT2D eigenvalue weighted by atomic mass is 10.2. The standard InChI is InChI=1S/C17H25ClN2O4/c1-17(2,3)24-16(22)20(5)12-15(21)19(4)9-10-23-14-8-6-7-13(18)11-14/h6-8,11H,9-10,12H2,1-5H3. The van der Waals surface area contributed by atoms with Gasteiger partial charge in [0.05, 0.1) is 6.54 Å². The van der Waals surface area contributed by atoms with Crippen LogP contribution >= 0.6 is 11.6 Å². The highest BCUT2D eigenvalue weighted by Gasteiger charge is 2.22. The summed E-state index contributed by atoms with van der Waals surface area (Å²) in [5.41, 5.74) is -0.592. The van der Waals surface area contributed by atoms with Gasteiger partial charge in [-0.25, -0.2) is 4.79 Å². The van der Waals surface area contributed by atoms with Gasteiger partial charge in [-0.15, -0.1) is 0 Å². The second-order valence-corrected chi connectivity index (χ2v) is 6.89. The Hall–Kier alpha value is -1.95. The maximum absolute atomic E-state index is 12.1. The molecule has 0 aliphatic rings. The van der Waals surface area contributed by atoms with Crippen LogP contribution in [0.3, 0.4) is 0 Å². The molecule has 6 nitrogen and oxygen atoms in total. The van der Waals surface area contributed by atoms with Crippen LogP contribution < -0.4 is 4.74 Å². The van der Waals surface area contributed by atoms with E-state index >= 15 is 0 Å². The quantitative estimate of drug-likeness (QED) is 0.786. The summed E-state index contributed by atoms with van der Waals surface area (Å²) in [4.78, 5) is 26.7. The minimum atomic E-state index is -0.592. The highest BCUT2D eigenvalue weighted by molar-refractivity contribution is 6.30. The largest absolute Gasteiger partial charge is 0.492 e. The summed E-state index contributed by atoms with van der Waals surface area (Å²) in [5.74, 6) is 0.451. The van der Waals surface area contributed by atoms with Crippen molar-refractivity contribution in [1.82, 2.24) is 9.80 Å². The zero-order chi connectivity index (χ0) is 18.3. The number of ether oxygens (including phenoxy) is 2. The molecule has 0 aliphatic carbocycles. The van der Waals surface area contributed by atoms with Crippen molar-refractivity contribution >= 4 is 23.6 Å². The van der Waals surface area contributed by atoms with Crippen LogP contribution in [0.5, 0.6) is 5.75 Å². The van der Waals surface area contributed by atoms with Crippen LogP contribution in [0.4, 0.5) is 4.79 Å². The van der Waals surface area contributed by atoms with Crippen molar-refractivity contribution in [2.75, 3.05) is 33.8 Å². The monoisotopic (exact) mass is 356 g/mol. The average Bonchev–Trinajstić information content (AvgIpc) is 2.45. The summed E-state index contributed by atoms with van der Waals surface area (Å²) in [6, 6.07) is 7.06. The Morgan fingerprint density at radius 3 is 2.42 bits per heavy atom. The topological polar surface area (TPSA) is 59.1 Å². The van der Waals surface area contributed by atoms with Crippen LogP contribution in [0.2, 0.25) is 5.02 Å². The number of amides is 2. The summed E-state index contributed by atoms with van der Waals surface area (Å²) in [6.45, 7) is 6.01. The minimum Gasteiger partial charge on any atom is -0.492 e. The van der Waals surface area contributed by atoms with E-state index in [0.29, 0.717) is 23.9 Å². The molecule has 1 aromatic carbocycles. The third kappa shape index (κ3) is 7.55. The molecule has 24 heavy (non-hydrogen) atoms. The van der Waals surface area contributed by atoms with E-state index in [1.807, 2.05) is 0 Å². The van der Waals surface area contributed by atoms with Gasteiger partial charge in [-0.2, -0.15) is 0 Å². The van der Waals surface area contributed by atoms with E-state index in [9.17, 15) is 9.59 Å². The minimum absolute atomic E-state index is 0.0530. The number of nitrogens with zero attached hydrogens (tertiary/aromatic N) is 2. The van der Waals surface area contributed by atoms with Gasteiger partial charge in [0.1, 0.15) is 24.5 Å². The highest BCUT2D eigenvalue weighted by Crippen LogP contribution is 2.16. The van der Waals surface area contributed by atoms with Crippen LogP contribution in [0.1, 0.15) is 20.8 Å². The number of likely N-dealkylation sites (N-methyl/N-ethyl adjacent to an activating group) is 2. The molecule has 0 unspecified atom stereocenters. The van der Waals surface area contributed by atoms with Crippen LogP contribution in [0.15, 0.2) is 24.3 Å². The predicted molar refractivity (Wildman–Crippen MR) is 93.4 cm³/mol. The fourth-order valence-electron chi connectivity index (χ4n) is 1.71. The molecule has 2 amide bonds. The lowest BCUT2D eigenvalue weighted by Gasteiger charge is -2.26. The van der Waals surface area contributed by atoms with Gasteiger partial charge in [-0.1, -0.05) is 17.7 Å². The second-order valence-electron chi connectivity index (χ2n) is 6.46. The van der Waals surface area contributed by atoms with E-state index in [2.05, 4.69) is 0 Å². The molecule has 0 heterocycles. The third-order valence-electron chi connectivity index (χ3n) is 2.99. The number of carbonyl (C=O) groups excluding carboxylic acids is 2. The normalized spacial score (nSPS) is 10.9. The summed E-state index contributed by atoms with van der Waals surface area (Å²) in [7, 11) is 3.19. The molecule has 1 aromatic rings. The zero-order valence-corrected chi connectivity index (χ0v) is 15.6. The number of hydrogen-bond acceptors (Lipinski definition) is 4. The summed E-state index contributed by atoms with van der Waals surface area (Å²) in [5, 5.41) is 0.593. The number of rotatable bonds is 6. The molecule has 0 radical (unpaired) electrons. The molecular formula is C17H25ClN2O4. The van der Waals surface area contributed by atoms with Gasteiger partial charge >= 0.3 is 6.09 Å². The molecule has 0 saturated heterocycles. The first-order valence-corrected chi connectivity index (χ1v) is 8.03. The lowest BCUT2D eigenvalue weighted by Crippen LogP contribution is -2.42. The van der Waals surface area contributed by atoms with Crippen LogP contribution in [-0.2, 0) is 9.53 Å².